The zero-order valence-corrected chi connectivity index (χ0v) is 10.1. The summed E-state index contributed by atoms with van der Waals surface area (Å²) >= 11 is 0. The van der Waals surface area contributed by atoms with Crippen LogP contribution in [0.3, 0.4) is 0 Å². The van der Waals surface area contributed by atoms with Gasteiger partial charge in [0.1, 0.15) is 0 Å². The molecule has 0 aliphatic carbocycles. The highest BCUT2D eigenvalue weighted by Gasteiger charge is 2.14. The predicted molar refractivity (Wildman–Crippen MR) is 68.5 cm³/mol. The molecule has 2 N–H and O–H groups in total. The predicted octanol–water partition coefficient (Wildman–Crippen LogP) is 2.01. The first-order chi connectivity index (χ1) is 8.02. The van der Waals surface area contributed by atoms with Gasteiger partial charge in [0.05, 0.1) is 12.5 Å². The molecule has 1 aromatic carbocycles. The molecule has 90 valence electrons. The quantitative estimate of drug-likeness (QED) is 0.779. The summed E-state index contributed by atoms with van der Waals surface area (Å²) in [7, 11) is 0. The molecule has 3 heteroatoms. The van der Waals surface area contributed by atoms with E-state index in [1.54, 1.807) is 24.3 Å². The Hall–Kier alpha value is -1.79. The van der Waals surface area contributed by atoms with Crippen molar-refractivity contribution < 1.29 is 9.90 Å². The Morgan fingerprint density at radius 3 is 2.82 bits per heavy atom. The summed E-state index contributed by atoms with van der Waals surface area (Å²) in [5.41, 5.74) is 1.37. The maximum absolute atomic E-state index is 11.6. The zero-order chi connectivity index (χ0) is 12.8. The average molecular weight is 231 g/mol. The molecular weight excluding hydrogens is 214 g/mol. The summed E-state index contributed by atoms with van der Waals surface area (Å²) in [4.78, 5) is 11.6. The van der Waals surface area contributed by atoms with Crippen LogP contribution in [-0.2, 0) is 4.79 Å². The monoisotopic (exact) mass is 231 g/mol. The van der Waals surface area contributed by atoms with Crippen molar-refractivity contribution >= 4 is 11.6 Å². The molecule has 0 fully saturated rings. The van der Waals surface area contributed by atoms with Crippen LogP contribution in [0.5, 0.6) is 0 Å². The highest BCUT2D eigenvalue weighted by atomic mass is 16.3. The number of benzene rings is 1. The molecule has 0 spiro atoms. The van der Waals surface area contributed by atoms with Crippen molar-refractivity contribution in [2.45, 2.75) is 26.4 Å². The van der Waals surface area contributed by atoms with Gasteiger partial charge in [-0.1, -0.05) is 25.8 Å². The molecule has 17 heavy (non-hydrogen) atoms. The van der Waals surface area contributed by atoms with Gasteiger partial charge in [0.25, 0.3) is 0 Å². The number of hydrogen-bond donors (Lipinski definition) is 2. The van der Waals surface area contributed by atoms with Crippen LogP contribution in [0.1, 0.15) is 25.8 Å². The van der Waals surface area contributed by atoms with E-state index in [2.05, 4.69) is 11.2 Å². The van der Waals surface area contributed by atoms with Crippen LogP contribution in [0.15, 0.2) is 24.3 Å². The van der Waals surface area contributed by atoms with Gasteiger partial charge < -0.3 is 10.4 Å². The van der Waals surface area contributed by atoms with Gasteiger partial charge in [-0.2, -0.15) is 0 Å². The molecule has 0 aliphatic rings. The lowest BCUT2D eigenvalue weighted by Gasteiger charge is -2.14. The van der Waals surface area contributed by atoms with Crippen molar-refractivity contribution in [1.29, 1.82) is 0 Å². The smallest absolute Gasteiger partial charge is 0.226 e. The van der Waals surface area contributed by atoms with Gasteiger partial charge in [0, 0.05) is 11.3 Å². The first-order valence-electron chi connectivity index (χ1n) is 5.57. The minimum atomic E-state index is -0.620. The number of terminal acetylenes is 1. The molecule has 0 saturated heterocycles. The van der Waals surface area contributed by atoms with Crippen molar-refractivity contribution in [3.8, 4) is 12.3 Å². The maximum atomic E-state index is 11.6. The van der Waals surface area contributed by atoms with Gasteiger partial charge in [-0.15, -0.1) is 6.42 Å². The molecule has 3 nitrogen and oxygen atoms in total. The number of anilines is 1. The Morgan fingerprint density at radius 1 is 1.53 bits per heavy atom. The van der Waals surface area contributed by atoms with Crippen LogP contribution in [-0.4, -0.2) is 17.1 Å². The SMILES string of the molecule is C#Cc1cccc(NC(=O)CC(O)C(C)C)c1. The van der Waals surface area contributed by atoms with Crippen LogP contribution in [0.25, 0.3) is 0 Å². The summed E-state index contributed by atoms with van der Waals surface area (Å²) in [5, 5.41) is 12.3. The standard InChI is InChI=1S/C14H17NO2/c1-4-11-6-5-7-12(8-11)15-14(17)9-13(16)10(2)3/h1,5-8,10,13,16H,9H2,2-3H3,(H,15,17). The van der Waals surface area contributed by atoms with Gasteiger partial charge in [-0.3, -0.25) is 4.79 Å². The van der Waals surface area contributed by atoms with Gasteiger partial charge in [0.15, 0.2) is 0 Å². The van der Waals surface area contributed by atoms with E-state index < -0.39 is 6.10 Å². The number of aliphatic hydroxyl groups excluding tert-OH is 1. The molecule has 0 bridgehead atoms. The molecule has 0 heterocycles. The Bertz CT molecular complexity index is 432. The van der Waals surface area contributed by atoms with Gasteiger partial charge in [-0.25, -0.2) is 0 Å². The highest BCUT2D eigenvalue weighted by Crippen LogP contribution is 2.12. The van der Waals surface area contributed by atoms with Crippen molar-refractivity contribution in [2.24, 2.45) is 5.92 Å². The van der Waals surface area contributed by atoms with Gasteiger partial charge >= 0.3 is 0 Å². The topological polar surface area (TPSA) is 49.3 Å². The fourth-order valence-corrected chi connectivity index (χ4v) is 1.32. The van der Waals surface area contributed by atoms with Crippen molar-refractivity contribution in [3.05, 3.63) is 29.8 Å². The Labute approximate surface area is 102 Å². The van der Waals surface area contributed by atoms with E-state index in [-0.39, 0.29) is 18.2 Å². The normalized spacial score (nSPS) is 11.9. The molecule has 1 atom stereocenters. The summed E-state index contributed by atoms with van der Waals surface area (Å²) in [5.74, 6) is 2.36. The first kappa shape index (κ1) is 13.3. The molecule has 1 amide bonds. The summed E-state index contributed by atoms with van der Waals surface area (Å²) < 4.78 is 0. The Kier molecular flexibility index (Phi) is 4.74. The number of carbonyl (C=O) groups is 1. The average Bonchev–Trinajstić information content (AvgIpc) is 2.28. The highest BCUT2D eigenvalue weighted by molar-refractivity contribution is 5.91. The van der Waals surface area contributed by atoms with Crippen molar-refractivity contribution in [3.63, 3.8) is 0 Å². The molecule has 1 aromatic rings. The molecule has 1 rings (SSSR count). The fraction of sp³-hybridized carbons (Fsp3) is 0.357. The second kappa shape index (κ2) is 6.07. The van der Waals surface area contributed by atoms with E-state index >= 15 is 0 Å². The number of rotatable bonds is 4. The van der Waals surface area contributed by atoms with Crippen LogP contribution >= 0.6 is 0 Å². The number of nitrogens with one attached hydrogen (secondary N) is 1. The van der Waals surface area contributed by atoms with Crippen molar-refractivity contribution in [1.82, 2.24) is 0 Å². The molecule has 0 radical (unpaired) electrons. The molecule has 0 aromatic heterocycles. The van der Waals surface area contributed by atoms with E-state index in [1.165, 1.54) is 0 Å². The maximum Gasteiger partial charge on any atom is 0.226 e. The third-order valence-corrected chi connectivity index (χ3v) is 2.48. The second-order valence-corrected chi connectivity index (χ2v) is 4.29. The Morgan fingerprint density at radius 2 is 2.24 bits per heavy atom. The van der Waals surface area contributed by atoms with Gasteiger partial charge in [0.2, 0.25) is 5.91 Å². The minimum absolute atomic E-state index is 0.0674. The van der Waals surface area contributed by atoms with Crippen LogP contribution in [0.2, 0.25) is 0 Å². The van der Waals surface area contributed by atoms with Crippen LogP contribution < -0.4 is 5.32 Å². The van der Waals surface area contributed by atoms with E-state index in [9.17, 15) is 9.90 Å². The number of aliphatic hydroxyl groups is 1. The Balaban J connectivity index is 2.59. The third kappa shape index (κ3) is 4.29. The summed E-state index contributed by atoms with van der Waals surface area (Å²) in [6.45, 7) is 3.74. The first-order valence-corrected chi connectivity index (χ1v) is 5.57. The van der Waals surface area contributed by atoms with E-state index in [0.29, 0.717) is 11.3 Å². The lowest BCUT2D eigenvalue weighted by atomic mass is 10.0. The fourth-order valence-electron chi connectivity index (χ4n) is 1.32. The van der Waals surface area contributed by atoms with E-state index in [0.717, 1.165) is 0 Å². The molecule has 1 unspecified atom stereocenters. The largest absolute Gasteiger partial charge is 0.392 e. The lowest BCUT2D eigenvalue weighted by Crippen LogP contribution is -2.23. The lowest BCUT2D eigenvalue weighted by molar-refractivity contribution is -0.118. The van der Waals surface area contributed by atoms with Gasteiger partial charge in [-0.05, 0) is 24.1 Å². The number of carbonyl (C=O) groups excluding carboxylic acids is 1. The van der Waals surface area contributed by atoms with Crippen LogP contribution in [0.4, 0.5) is 5.69 Å². The minimum Gasteiger partial charge on any atom is -0.392 e. The van der Waals surface area contributed by atoms with E-state index in [1.807, 2.05) is 13.8 Å². The summed E-state index contributed by atoms with van der Waals surface area (Å²) in [6, 6.07) is 7.06. The van der Waals surface area contributed by atoms with E-state index in [4.69, 9.17) is 6.42 Å². The second-order valence-electron chi connectivity index (χ2n) is 4.29. The molecule has 0 saturated carbocycles. The molecule has 0 aliphatic heterocycles. The number of hydrogen-bond acceptors (Lipinski definition) is 2. The van der Waals surface area contributed by atoms with Crippen LogP contribution in [0, 0.1) is 18.3 Å². The third-order valence-electron chi connectivity index (χ3n) is 2.48. The van der Waals surface area contributed by atoms with Crippen molar-refractivity contribution in [2.75, 3.05) is 5.32 Å². The number of amides is 1. The zero-order valence-electron chi connectivity index (χ0n) is 10.1. The molecular formula is C14H17NO2. The summed E-state index contributed by atoms with van der Waals surface area (Å²) in [6.07, 6.45) is 4.74.